The Hall–Kier alpha value is -1.74. The third-order valence-electron chi connectivity index (χ3n) is 3.58. The van der Waals surface area contributed by atoms with E-state index in [9.17, 15) is 4.79 Å². The van der Waals surface area contributed by atoms with E-state index in [0.29, 0.717) is 12.8 Å². The molecular weight excluding hydrogens is 266 g/mol. The van der Waals surface area contributed by atoms with Crippen molar-refractivity contribution in [3.63, 3.8) is 0 Å². The van der Waals surface area contributed by atoms with Crippen LogP contribution in [0, 0.1) is 12.3 Å². The molecule has 0 aromatic carbocycles. The van der Waals surface area contributed by atoms with Crippen LogP contribution in [0.2, 0.25) is 0 Å². The fourth-order valence-electron chi connectivity index (χ4n) is 2.24. The number of carbonyl (C=O) groups excluding carboxylic acids is 1. The van der Waals surface area contributed by atoms with Gasteiger partial charge in [0.2, 0.25) is 5.91 Å². The molecule has 6 nitrogen and oxygen atoms in total. The maximum Gasteiger partial charge on any atom is 0.223 e. The van der Waals surface area contributed by atoms with E-state index in [2.05, 4.69) is 26.0 Å². The minimum absolute atomic E-state index is 0.184. The van der Waals surface area contributed by atoms with Crippen LogP contribution in [0.5, 0.6) is 0 Å². The Bertz CT molecular complexity index is 391. The van der Waals surface area contributed by atoms with E-state index in [1.807, 2.05) is 0 Å². The fraction of sp³-hybridized carbons (Fsp3) is 0.733. The Morgan fingerprint density at radius 2 is 2.00 bits per heavy atom. The molecule has 1 saturated heterocycles. The second-order valence-corrected chi connectivity index (χ2v) is 5.29. The standard InChI is InChI=1S/C15H27N5O/c1-5-6-8-17-15(16-2)20-12-10-19(11-13-20)9-7-14(21)18(3)4/h1H,6-13H2,2-4H3,(H,16,17). The van der Waals surface area contributed by atoms with Crippen molar-refractivity contribution in [1.29, 1.82) is 0 Å². The molecule has 118 valence electrons. The number of hydrogen-bond donors (Lipinski definition) is 1. The molecule has 1 aliphatic rings. The lowest BCUT2D eigenvalue weighted by atomic mass is 10.3. The van der Waals surface area contributed by atoms with Crippen LogP contribution in [-0.4, -0.2) is 87.0 Å². The molecule has 21 heavy (non-hydrogen) atoms. The zero-order chi connectivity index (χ0) is 15.7. The van der Waals surface area contributed by atoms with E-state index in [4.69, 9.17) is 6.42 Å². The molecule has 6 heteroatoms. The SMILES string of the molecule is C#CCCNC(=NC)N1CCN(CCC(=O)N(C)C)CC1. The van der Waals surface area contributed by atoms with Crippen LogP contribution in [-0.2, 0) is 4.79 Å². The van der Waals surface area contributed by atoms with Gasteiger partial charge in [-0.25, -0.2) is 0 Å². The lowest BCUT2D eigenvalue weighted by molar-refractivity contribution is -0.129. The van der Waals surface area contributed by atoms with Gasteiger partial charge >= 0.3 is 0 Å². The van der Waals surface area contributed by atoms with Crippen molar-refractivity contribution in [2.45, 2.75) is 12.8 Å². The molecule has 1 amide bonds. The van der Waals surface area contributed by atoms with E-state index >= 15 is 0 Å². The number of guanidine groups is 1. The number of terminal acetylenes is 1. The fourth-order valence-corrected chi connectivity index (χ4v) is 2.24. The highest BCUT2D eigenvalue weighted by Gasteiger charge is 2.19. The summed E-state index contributed by atoms with van der Waals surface area (Å²) >= 11 is 0. The highest BCUT2D eigenvalue weighted by molar-refractivity contribution is 5.80. The number of hydrogen-bond acceptors (Lipinski definition) is 3. The Labute approximate surface area is 128 Å². The third-order valence-corrected chi connectivity index (χ3v) is 3.58. The first-order chi connectivity index (χ1) is 10.1. The minimum atomic E-state index is 0.184. The van der Waals surface area contributed by atoms with Crippen LogP contribution < -0.4 is 5.32 Å². The summed E-state index contributed by atoms with van der Waals surface area (Å²) in [7, 11) is 5.39. The Morgan fingerprint density at radius 1 is 1.33 bits per heavy atom. The Kier molecular flexibility index (Phi) is 7.62. The number of rotatable bonds is 5. The smallest absolute Gasteiger partial charge is 0.223 e. The van der Waals surface area contributed by atoms with Gasteiger partial charge in [-0.2, -0.15) is 0 Å². The summed E-state index contributed by atoms with van der Waals surface area (Å²) in [4.78, 5) is 22.1. The number of aliphatic imine (C=N–C) groups is 1. The summed E-state index contributed by atoms with van der Waals surface area (Å²) in [6.45, 7) is 5.33. The predicted octanol–water partition coefficient (Wildman–Crippen LogP) is -0.319. The lowest BCUT2D eigenvalue weighted by Crippen LogP contribution is -2.52. The van der Waals surface area contributed by atoms with Gasteiger partial charge in [0.05, 0.1) is 0 Å². The average Bonchev–Trinajstić information content (AvgIpc) is 2.50. The van der Waals surface area contributed by atoms with Crippen LogP contribution in [0.4, 0.5) is 0 Å². The molecule has 0 unspecified atom stereocenters. The van der Waals surface area contributed by atoms with E-state index in [0.717, 1.165) is 45.2 Å². The van der Waals surface area contributed by atoms with Crippen molar-refractivity contribution in [2.75, 3.05) is 60.4 Å². The zero-order valence-electron chi connectivity index (χ0n) is 13.4. The van der Waals surface area contributed by atoms with Crippen molar-refractivity contribution < 1.29 is 4.79 Å². The van der Waals surface area contributed by atoms with Gasteiger partial charge in [-0.15, -0.1) is 12.3 Å². The maximum absolute atomic E-state index is 11.6. The lowest BCUT2D eigenvalue weighted by Gasteiger charge is -2.36. The van der Waals surface area contributed by atoms with Crippen molar-refractivity contribution in [2.24, 2.45) is 4.99 Å². The van der Waals surface area contributed by atoms with Crippen LogP contribution in [0.1, 0.15) is 12.8 Å². The van der Waals surface area contributed by atoms with Crippen molar-refractivity contribution in [1.82, 2.24) is 20.0 Å². The van der Waals surface area contributed by atoms with Crippen molar-refractivity contribution in [3.05, 3.63) is 0 Å². The minimum Gasteiger partial charge on any atom is -0.355 e. The van der Waals surface area contributed by atoms with Crippen molar-refractivity contribution >= 4 is 11.9 Å². The quantitative estimate of drug-likeness (QED) is 0.327. The number of piperazine rings is 1. The van der Waals surface area contributed by atoms with E-state index < -0.39 is 0 Å². The molecule has 1 heterocycles. The normalized spacial score (nSPS) is 16.5. The second kappa shape index (κ2) is 9.24. The highest BCUT2D eigenvalue weighted by atomic mass is 16.2. The van der Waals surface area contributed by atoms with Gasteiger partial charge in [-0.3, -0.25) is 14.7 Å². The van der Waals surface area contributed by atoms with Gasteiger partial charge in [0.1, 0.15) is 0 Å². The molecule has 0 spiro atoms. The monoisotopic (exact) mass is 293 g/mol. The van der Waals surface area contributed by atoms with Crippen LogP contribution in [0.25, 0.3) is 0 Å². The molecule has 1 rings (SSSR count). The number of nitrogens with zero attached hydrogens (tertiary/aromatic N) is 4. The number of amides is 1. The topological polar surface area (TPSA) is 51.2 Å². The first-order valence-corrected chi connectivity index (χ1v) is 7.40. The summed E-state index contributed by atoms with van der Waals surface area (Å²) in [5.74, 6) is 3.71. The second-order valence-electron chi connectivity index (χ2n) is 5.29. The van der Waals surface area contributed by atoms with Gasteiger partial charge in [0.25, 0.3) is 0 Å². The van der Waals surface area contributed by atoms with E-state index in [-0.39, 0.29) is 5.91 Å². The van der Waals surface area contributed by atoms with Gasteiger partial charge in [0.15, 0.2) is 5.96 Å². The molecule has 0 bridgehead atoms. The Balaban J connectivity index is 2.31. The van der Waals surface area contributed by atoms with Gasteiger partial charge in [0, 0.05) is 73.3 Å². The predicted molar refractivity (Wildman–Crippen MR) is 86.1 cm³/mol. The van der Waals surface area contributed by atoms with Gasteiger partial charge in [-0.1, -0.05) is 0 Å². The molecule has 0 radical (unpaired) electrons. The van der Waals surface area contributed by atoms with Crippen LogP contribution >= 0.6 is 0 Å². The van der Waals surface area contributed by atoms with Crippen LogP contribution in [0.15, 0.2) is 4.99 Å². The summed E-state index contributed by atoms with van der Waals surface area (Å²) in [5.41, 5.74) is 0. The molecule has 0 aromatic rings. The highest BCUT2D eigenvalue weighted by Crippen LogP contribution is 2.03. The third kappa shape index (κ3) is 6.05. The first kappa shape index (κ1) is 17.3. The molecule has 1 fully saturated rings. The molecule has 0 saturated carbocycles. The molecular formula is C15H27N5O. The summed E-state index contributed by atoms with van der Waals surface area (Å²) in [6.07, 6.45) is 6.54. The molecule has 0 aromatic heterocycles. The van der Waals surface area contributed by atoms with Crippen molar-refractivity contribution in [3.8, 4) is 12.3 Å². The largest absolute Gasteiger partial charge is 0.355 e. The maximum atomic E-state index is 11.6. The van der Waals surface area contributed by atoms with Crippen LogP contribution in [0.3, 0.4) is 0 Å². The molecule has 0 atom stereocenters. The molecule has 0 aliphatic carbocycles. The van der Waals surface area contributed by atoms with E-state index in [1.165, 1.54) is 0 Å². The number of carbonyl (C=O) groups is 1. The summed E-state index contributed by atoms with van der Waals surface area (Å²) < 4.78 is 0. The zero-order valence-corrected chi connectivity index (χ0v) is 13.4. The number of nitrogens with one attached hydrogen (secondary N) is 1. The molecule has 1 aliphatic heterocycles. The van der Waals surface area contributed by atoms with E-state index in [1.54, 1.807) is 26.0 Å². The Morgan fingerprint density at radius 3 is 2.52 bits per heavy atom. The average molecular weight is 293 g/mol. The van der Waals surface area contributed by atoms with Gasteiger partial charge in [-0.05, 0) is 0 Å². The summed E-state index contributed by atoms with van der Waals surface area (Å²) in [6, 6.07) is 0. The van der Waals surface area contributed by atoms with Gasteiger partial charge < -0.3 is 15.1 Å². The molecule has 1 N–H and O–H groups in total. The summed E-state index contributed by atoms with van der Waals surface area (Å²) in [5, 5.41) is 3.27. The first-order valence-electron chi connectivity index (χ1n) is 7.40.